The first-order valence-electron chi connectivity index (χ1n) is 7.36. The highest BCUT2D eigenvalue weighted by Crippen LogP contribution is 2.21. The van der Waals surface area contributed by atoms with Gasteiger partial charge < -0.3 is 15.0 Å². The number of nitrogens with one attached hydrogen (secondary N) is 1. The lowest BCUT2D eigenvalue weighted by molar-refractivity contribution is 0.0494. The second-order valence-electron chi connectivity index (χ2n) is 5.32. The third-order valence-corrected chi connectivity index (χ3v) is 3.65. The largest absolute Gasteiger partial charge is 0.462 e. The summed E-state index contributed by atoms with van der Waals surface area (Å²) in [5.74, 6) is 0.129. The van der Waals surface area contributed by atoms with E-state index in [1.807, 2.05) is 38.4 Å². The molecule has 0 saturated carbocycles. The van der Waals surface area contributed by atoms with Crippen molar-refractivity contribution >= 4 is 33.4 Å². The summed E-state index contributed by atoms with van der Waals surface area (Å²) in [5.41, 5.74) is 1.29. The normalized spacial score (nSPS) is 10.6. The molecule has 0 fully saturated rings. The molecule has 0 bridgehead atoms. The second kappa shape index (κ2) is 8.64. The highest BCUT2D eigenvalue weighted by atomic mass is 79.9. The highest BCUT2D eigenvalue weighted by molar-refractivity contribution is 9.10. The van der Waals surface area contributed by atoms with Crippen LogP contribution in [0.2, 0.25) is 0 Å². The molecule has 0 aliphatic carbocycles. The number of rotatable bonds is 7. The van der Waals surface area contributed by atoms with Crippen LogP contribution in [-0.4, -0.2) is 43.1 Å². The Balaban J connectivity index is 2.01. The number of esters is 1. The SMILES string of the molecule is CN(C)CCCOC(=O)c1cccnc1Nc1ccc(Br)cc1. The topological polar surface area (TPSA) is 54.5 Å². The first-order valence-corrected chi connectivity index (χ1v) is 8.15. The molecule has 23 heavy (non-hydrogen) atoms. The van der Waals surface area contributed by atoms with Crippen LogP contribution in [-0.2, 0) is 4.74 Å². The molecule has 122 valence electrons. The van der Waals surface area contributed by atoms with Crippen molar-refractivity contribution < 1.29 is 9.53 Å². The molecule has 5 nitrogen and oxygen atoms in total. The lowest BCUT2D eigenvalue weighted by Gasteiger charge is -2.12. The molecule has 0 aliphatic heterocycles. The van der Waals surface area contributed by atoms with Gasteiger partial charge in [0.1, 0.15) is 11.4 Å². The molecule has 6 heteroatoms. The molecule has 0 radical (unpaired) electrons. The third kappa shape index (κ3) is 5.65. The molecule has 0 spiro atoms. The van der Waals surface area contributed by atoms with Crippen LogP contribution in [0.5, 0.6) is 0 Å². The Labute approximate surface area is 144 Å². The van der Waals surface area contributed by atoms with Crippen molar-refractivity contribution in [1.82, 2.24) is 9.88 Å². The summed E-state index contributed by atoms with van der Waals surface area (Å²) in [6, 6.07) is 11.1. The van der Waals surface area contributed by atoms with Gasteiger partial charge in [0.2, 0.25) is 0 Å². The maximum Gasteiger partial charge on any atom is 0.341 e. The van der Waals surface area contributed by atoms with Gasteiger partial charge in [-0.2, -0.15) is 0 Å². The number of nitrogens with zero attached hydrogens (tertiary/aromatic N) is 2. The lowest BCUT2D eigenvalue weighted by Crippen LogP contribution is -2.16. The molecule has 1 aromatic carbocycles. The average Bonchev–Trinajstić information content (AvgIpc) is 2.54. The number of benzene rings is 1. The molecule has 0 atom stereocenters. The summed E-state index contributed by atoms with van der Waals surface area (Å²) in [6.45, 7) is 1.27. The Morgan fingerprint density at radius 1 is 1.26 bits per heavy atom. The molecule has 1 N–H and O–H groups in total. The van der Waals surface area contributed by atoms with E-state index in [2.05, 4.69) is 31.1 Å². The van der Waals surface area contributed by atoms with E-state index in [0.717, 1.165) is 23.1 Å². The number of carbonyl (C=O) groups excluding carboxylic acids is 1. The monoisotopic (exact) mass is 377 g/mol. The maximum absolute atomic E-state index is 12.2. The summed E-state index contributed by atoms with van der Waals surface area (Å²) in [5, 5.41) is 3.15. The van der Waals surface area contributed by atoms with Crippen molar-refractivity contribution in [3.8, 4) is 0 Å². The summed E-state index contributed by atoms with van der Waals surface area (Å²) in [4.78, 5) is 18.5. The third-order valence-electron chi connectivity index (χ3n) is 3.12. The van der Waals surface area contributed by atoms with E-state index in [9.17, 15) is 4.79 Å². The van der Waals surface area contributed by atoms with Crippen LogP contribution in [0.15, 0.2) is 47.1 Å². The van der Waals surface area contributed by atoms with Crippen molar-refractivity contribution in [2.45, 2.75) is 6.42 Å². The van der Waals surface area contributed by atoms with Gasteiger partial charge in [0.15, 0.2) is 0 Å². The fourth-order valence-corrected chi connectivity index (χ4v) is 2.23. The summed E-state index contributed by atoms with van der Waals surface area (Å²) in [6.07, 6.45) is 2.44. The van der Waals surface area contributed by atoms with Crippen LogP contribution in [0.3, 0.4) is 0 Å². The van der Waals surface area contributed by atoms with Crippen LogP contribution < -0.4 is 5.32 Å². The molecule has 1 heterocycles. The molecule has 2 rings (SSSR count). The van der Waals surface area contributed by atoms with E-state index < -0.39 is 0 Å². The van der Waals surface area contributed by atoms with Gasteiger partial charge in [-0.15, -0.1) is 0 Å². The van der Waals surface area contributed by atoms with Crippen LogP contribution >= 0.6 is 15.9 Å². The number of carbonyl (C=O) groups is 1. The van der Waals surface area contributed by atoms with Crippen LogP contribution in [0, 0.1) is 0 Å². The zero-order valence-electron chi connectivity index (χ0n) is 13.3. The Kier molecular flexibility index (Phi) is 6.55. The Hall–Kier alpha value is -1.92. The molecule has 0 saturated heterocycles. The number of aromatic nitrogens is 1. The van der Waals surface area contributed by atoms with Crippen molar-refractivity contribution in [2.75, 3.05) is 32.6 Å². The number of anilines is 2. The minimum atomic E-state index is -0.364. The van der Waals surface area contributed by atoms with Crippen LogP contribution in [0.25, 0.3) is 0 Å². The van der Waals surface area contributed by atoms with Crippen molar-refractivity contribution in [3.63, 3.8) is 0 Å². The summed E-state index contributed by atoms with van der Waals surface area (Å²) >= 11 is 3.39. The van der Waals surface area contributed by atoms with Gasteiger partial charge in [0.05, 0.1) is 6.61 Å². The van der Waals surface area contributed by atoms with Gasteiger partial charge in [0, 0.05) is 22.9 Å². The van der Waals surface area contributed by atoms with E-state index in [1.54, 1.807) is 18.3 Å². The molecule has 1 aromatic heterocycles. The smallest absolute Gasteiger partial charge is 0.341 e. The molecular weight excluding hydrogens is 358 g/mol. The first kappa shape index (κ1) is 17.4. The Morgan fingerprint density at radius 2 is 2.00 bits per heavy atom. The van der Waals surface area contributed by atoms with Crippen molar-refractivity contribution in [1.29, 1.82) is 0 Å². The van der Waals surface area contributed by atoms with Crippen molar-refractivity contribution in [2.24, 2.45) is 0 Å². The van der Waals surface area contributed by atoms with Gasteiger partial charge >= 0.3 is 5.97 Å². The summed E-state index contributed by atoms with van der Waals surface area (Å²) in [7, 11) is 3.98. The molecule has 2 aromatic rings. The van der Waals surface area contributed by atoms with E-state index in [-0.39, 0.29) is 5.97 Å². The predicted molar refractivity (Wildman–Crippen MR) is 95.1 cm³/mol. The number of halogens is 1. The Morgan fingerprint density at radius 3 is 2.70 bits per heavy atom. The fourth-order valence-electron chi connectivity index (χ4n) is 1.96. The number of ether oxygens (including phenoxy) is 1. The number of pyridine rings is 1. The fraction of sp³-hybridized carbons (Fsp3) is 0.294. The second-order valence-corrected chi connectivity index (χ2v) is 6.24. The van der Waals surface area contributed by atoms with E-state index in [0.29, 0.717) is 18.0 Å². The zero-order valence-corrected chi connectivity index (χ0v) is 14.8. The molecular formula is C17H20BrN3O2. The van der Waals surface area contributed by atoms with Crippen LogP contribution in [0.1, 0.15) is 16.8 Å². The first-order chi connectivity index (χ1) is 11.1. The van der Waals surface area contributed by atoms with E-state index in [4.69, 9.17) is 4.74 Å². The van der Waals surface area contributed by atoms with Gasteiger partial charge in [-0.1, -0.05) is 15.9 Å². The van der Waals surface area contributed by atoms with E-state index >= 15 is 0 Å². The van der Waals surface area contributed by atoms with Gasteiger partial charge in [-0.05, 0) is 56.9 Å². The van der Waals surface area contributed by atoms with E-state index in [1.165, 1.54) is 0 Å². The minimum absolute atomic E-state index is 0.364. The minimum Gasteiger partial charge on any atom is -0.462 e. The zero-order chi connectivity index (χ0) is 16.7. The standard InChI is InChI=1S/C17H20BrN3O2/c1-21(2)11-4-12-23-17(22)15-5-3-10-19-16(15)20-14-8-6-13(18)7-9-14/h3,5-10H,4,11-12H2,1-2H3,(H,19,20). The van der Waals surface area contributed by atoms with Gasteiger partial charge in [0.25, 0.3) is 0 Å². The Bertz CT molecular complexity index is 645. The lowest BCUT2D eigenvalue weighted by atomic mass is 10.2. The maximum atomic E-state index is 12.2. The number of hydrogen-bond donors (Lipinski definition) is 1. The quantitative estimate of drug-likeness (QED) is 0.588. The summed E-state index contributed by atoms with van der Waals surface area (Å²) < 4.78 is 6.31. The molecule has 0 aliphatic rings. The van der Waals surface area contributed by atoms with Gasteiger partial charge in [-0.25, -0.2) is 9.78 Å². The van der Waals surface area contributed by atoms with Gasteiger partial charge in [-0.3, -0.25) is 0 Å². The molecule has 0 unspecified atom stereocenters. The predicted octanol–water partition coefficient (Wildman–Crippen LogP) is 3.70. The molecule has 0 amide bonds. The average molecular weight is 378 g/mol. The number of hydrogen-bond acceptors (Lipinski definition) is 5. The highest BCUT2D eigenvalue weighted by Gasteiger charge is 2.13. The van der Waals surface area contributed by atoms with Crippen molar-refractivity contribution in [3.05, 3.63) is 52.6 Å². The van der Waals surface area contributed by atoms with Crippen LogP contribution in [0.4, 0.5) is 11.5 Å².